The predicted molar refractivity (Wildman–Crippen MR) is 310 cm³/mol. The highest BCUT2D eigenvalue weighted by atomic mass is 19.1. The van der Waals surface area contributed by atoms with E-state index in [1.54, 1.807) is 52.0 Å². The Balaban J connectivity index is 1.15. The molecule has 3 aromatic carbocycles. The molecule has 5 aromatic rings. The van der Waals surface area contributed by atoms with Crippen LogP contribution in [0.4, 0.5) is 20.2 Å². The first-order chi connectivity index (χ1) is 39.2. The van der Waals surface area contributed by atoms with Crippen LogP contribution < -0.4 is 35.8 Å². The summed E-state index contributed by atoms with van der Waals surface area (Å²) in [5.74, 6) is -6.32. The highest BCUT2D eigenvalue weighted by Gasteiger charge is 2.42. The number of methoxy groups -OCH3 is 1. The Morgan fingerprint density at radius 3 is 1.56 bits per heavy atom. The maximum absolute atomic E-state index is 15.2. The first-order valence-corrected chi connectivity index (χ1v) is 27.6. The Bertz CT molecular complexity index is 3340. The maximum atomic E-state index is 15.2. The standard InChI is InChI=1S/C61H72F2N10O9/c1-10-70(11-2)28-26-64-57(77)55-35(5)48(67-37(55)7)32-45-43-30-40(62)16-21-50(43)72(59(45)79)54(76)25-20-47(69-53(75)24-23-52(74)66-34-39-14-18-42(82-9)19-15-39)61(81)73-51-22-17-41(63)31-44(51)46(60(73)80)33-49-36(6)56(38(8)68-49)58(78)65-27-29-71(12-3)13-4/h14-19,21-22,30-33,47,67-68H,10-13,20,23-29,34H2,1-9H3,(H,64,77)(H,65,78)(H,66,74)(H,69,75)/b45-32-,46-33-. The van der Waals surface area contributed by atoms with Crippen molar-refractivity contribution >= 4 is 81.9 Å². The van der Waals surface area contributed by atoms with Gasteiger partial charge in [0.05, 0.1) is 40.8 Å². The van der Waals surface area contributed by atoms with Gasteiger partial charge in [0, 0.05) is 85.9 Å². The maximum Gasteiger partial charge on any atom is 0.265 e. The number of aromatic nitrogens is 2. The van der Waals surface area contributed by atoms with E-state index in [0.717, 1.165) is 65.8 Å². The van der Waals surface area contributed by atoms with Gasteiger partial charge in [0.2, 0.25) is 17.7 Å². The summed E-state index contributed by atoms with van der Waals surface area (Å²) in [6, 6.07) is 12.2. The molecule has 0 bridgehead atoms. The van der Waals surface area contributed by atoms with Gasteiger partial charge in [0.1, 0.15) is 23.4 Å². The molecule has 2 aliphatic heterocycles. The van der Waals surface area contributed by atoms with Crippen molar-refractivity contribution in [3.63, 3.8) is 0 Å². The fourth-order valence-electron chi connectivity index (χ4n) is 10.3. The van der Waals surface area contributed by atoms with E-state index >= 15 is 13.6 Å². The molecule has 0 spiro atoms. The van der Waals surface area contributed by atoms with E-state index in [0.29, 0.717) is 77.0 Å². The molecule has 434 valence electrons. The molecular weight excluding hydrogens is 1050 g/mol. The number of amides is 8. The summed E-state index contributed by atoms with van der Waals surface area (Å²) < 4.78 is 35.4. The van der Waals surface area contributed by atoms with E-state index in [-0.39, 0.29) is 58.4 Å². The van der Waals surface area contributed by atoms with Crippen LogP contribution in [-0.4, -0.2) is 133 Å². The van der Waals surface area contributed by atoms with Gasteiger partial charge in [-0.15, -0.1) is 0 Å². The minimum atomic E-state index is -1.65. The van der Waals surface area contributed by atoms with Crippen LogP contribution in [0.15, 0.2) is 60.7 Å². The summed E-state index contributed by atoms with van der Waals surface area (Å²) in [5.41, 5.74) is 4.18. The average molecular weight is 1130 g/mol. The molecule has 7 rings (SSSR count). The molecular formula is C61H72F2N10O9. The Hall–Kier alpha value is -8.56. The lowest BCUT2D eigenvalue weighted by molar-refractivity contribution is -0.131. The number of rotatable bonds is 25. The second-order valence-corrected chi connectivity index (χ2v) is 20.1. The van der Waals surface area contributed by atoms with Gasteiger partial charge in [-0.1, -0.05) is 39.8 Å². The number of aryl methyl sites for hydroxylation is 2. The van der Waals surface area contributed by atoms with Crippen molar-refractivity contribution in [3.05, 3.63) is 134 Å². The van der Waals surface area contributed by atoms with Gasteiger partial charge >= 0.3 is 0 Å². The molecule has 2 aromatic heterocycles. The lowest BCUT2D eigenvalue weighted by Gasteiger charge is -2.24. The number of hydrogen-bond donors (Lipinski definition) is 6. The van der Waals surface area contributed by atoms with Crippen LogP contribution in [0.2, 0.25) is 0 Å². The molecule has 19 nitrogen and oxygen atoms in total. The van der Waals surface area contributed by atoms with Crippen molar-refractivity contribution in [2.75, 3.05) is 69.3 Å². The van der Waals surface area contributed by atoms with E-state index in [4.69, 9.17) is 4.74 Å². The quantitative estimate of drug-likeness (QED) is 0.0329. The van der Waals surface area contributed by atoms with Crippen LogP contribution >= 0.6 is 0 Å². The number of likely N-dealkylation sites (N-methyl/N-ethyl adjacent to an activating group) is 2. The number of carbonyl (C=O) groups is 8. The van der Waals surface area contributed by atoms with Gasteiger partial charge in [-0.25, -0.2) is 18.6 Å². The van der Waals surface area contributed by atoms with Gasteiger partial charge in [-0.2, -0.15) is 0 Å². The van der Waals surface area contributed by atoms with Crippen molar-refractivity contribution in [3.8, 4) is 5.75 Å². The average Bonchev–Trinajstić information content (AvgIpc) is 3.20. The predicted octanol–water partition coefficient (Wildman–Crippen LogP) is 6.90. The number of carbonyl (C=O) groups excluding carboxylic acids is 8. The van der Waals surface area contributed by atoms with Crippen molar-refractivity contribution in [1.29, 1.82) is 0 Å². The second kappa shape index (κ2) is 27.3. The molecule has 0 aliphatic carbocycles. The summed E-state index contributed by atoms with van der Waals surface area (Å²) in [7, 11) is 1.53. The minimum Gasteiger partial charge on any atom is -0.497 e. The number of hydrogen-bond acceptors (Lipinski definition) is 11. The minimum absolute atomic E-state index is 0.0306. The first-order valence-electron chi connectivity index (χ1n) is 27.6. The number of anilines is 2. The lowest BCUT2D eigenvalue weighted by atomic mass is 10.0. The first kappa shape index (κ1) is 61.1. The van der Waals surface area contributed by atoms with Gasteiger partial charge in [0.25, 0.3) is 29.5 Å². The number of benzene rings is 3. The monoisotopic (exact) mass is 1130 g/mol. The van der Waals surface area contributed by atoms with Gasteiger partial charge in [-0.05, 0) is 138 Å². The van der Waals surface area contributed by atoms with Crippen molar-refractivity contribution in [1.82, 2.24) is 41.0 Å². The number of nitrogens with zero attached hydrogens (tertiary/aromatic N) is 4. The summed E-state index contributed by atoms with van der Waals surface area (Å²) in [6.07, 6.45) is 1.07. The molecule has 8 amide bonds. The number of H-pyrrole nitrogens is 2. The molecule has 0 saturated heterocycles. The van der Waals surface area contributed by atoms with Crippen molar-refractivity contribution in [2.45, 2.75) is 93.7 Å². The highest BCUT2D eigenvalue weighted by Crippen LogP contribution is 2.41. The van der Waals surface area contributed by atoms with E-state index in [1.807, 2.05) is 27.7 Å². The molecule has 1 atom stereocenters. The van der Waals surface area contributed by atoms with E-state index in [9.17, 15) is 33.6 Å². The summed E-state index contributed by atoms with van der Waals surface area (Å²) in [5, 5.41) is 11.3. The number of fused-ring (bicyclic) bond motifs is 2. The zero-order valence-electron chi connectivity index (χ0n) is 47.9. The third kappa shape index (κ3) is 13.8. The number of nitrogens with one attached hydrogen (secondary N) is 6. The molecule has 2 aliphatic rings. The second-order valence-electron chi connectivity index (χ2n) is 20.1. The molecule has 6 N–H and O–H groups in total. The molecule has 82 heavy (non-hydrogen) atoms. The Morgan fingerprint density at radius 1 is 0.622 bits per heavy atom. The number of ether oxygens (including phenoxy) is 1. The molecule has 1 unspecified atom stereocenters. The normalized spacial score (nSPS) is 14.2. The van der Waals surface area contributed by atoms with Gasteiger partial charge in [0.15, 0.2) is 0 Å². The van der Waals surface area contributed by atoms with E-state index in [1.165, 1.54) is 31.4 Å². The molecule has 21 heteroatoms. The molecule has 0 fully saturated rings. The zero-order chi connectivity index (χ0) is 59.5. The third-order valence-electron chi connectivity index (χ3n) is 15.0. The van der Waals surface area contributed by atoms with Crippen molar-refractivity contribution < 1.29 is 51.9 Å². The summed E-state index contributed by atoms with van der Waals surface area (Å²) in [4.78, 5) is 125. The largest absolute Gasteiger partial charge is 0.497 e. The van der Waals surface area contributed by atoms with Crippen LogP contribution in [0, 0.1) is 39.3 Å². The molecule has 0 saturated carbocycles. The third-order valence-corrected chi connectivity index (χ3v) is 15.0. The number of aromatic amines is 2. The fourth-order valence-corrected chi connectivity index (χ4v) is 10.3. The van der Waals surface area contributed by atoms with Crippen LogP contribution in [0.3, 0.4) is 0 Å². The molecule has 0 radical (unpaired) electrons. The Morgan fingerprint density at radius 2 is 1.09 bits per heavy atom. The van der Waals surface area contributed by atoms with Crippen LogP contribution in [0.25, 0.3) is 23.3 Å². The molecule has 4 heterocycles. The Kier molecular flexibility index (Phi) is 20.3. The number of imide groups is 2. The number of halogens is 2. The zero-order valence-corrected chi connectivity index (χ0v) is 47.9. The van der Waals surface area contributed by atoms with Gasteiger partial charge < -0.3 is 45.8 Å². The van der Waals surface area contributed by atoms with Crippen LogP contribution in [0.1, 0.15) is 125 Å². The van der Waals surface area contributed by atoms with E-state index < -0.39 is 72.4 Å². The summed E-state index contributed by atoms with van der Waals surface area (Å²) >= 11 is 0. The van der Waals surface area contributed by atoms with Crippen molar-refractivity contribution in [2.24, 2.45) is 0 Å². The Labute approximate surface area is 475 Å². The lowest BCUT2D eigenvalue weighted by Crippen LogP contribution is -2.50. The van der Waals surface area contributed by atoms with Gasteiger partial charge in [-0.3, -0.25) is 38.4 Å². The van der Waals surface area contributed by atoms with Crippen LogP contribution in [-0.2, 0) is 35.3 Å². The smallest absolute Gasteiger partial charge is 0.265 e. The summed E-state index contributed by atoms with van der Waals surface area (Å²) in [6.45, 7) is 20.4. The fraction of sp³-hybridized carbons (Fsp3) is 0.377. The highest BCUT2D eigenvalue weighted by molar-refractivity contribution is 6.43. The van der Waals surface area contributed by atoms with E-state index in [2.05, 4.69) is 41.0 Å². The topological polar surface area (TPSA) is 238 Å². The SMILES string of the molecule is CCN(CC)CCNC(=O)c1c(C)[nH]c(/C=C2\C(=O)N(C(=O)CCC(NC(=O)CCC(=O)NCc3ccc(OC)cc3)C(=O)N3C(=O)/C(=C\c4[nH]c(C)c(C(=O)NCCN(CC)CC)c4C)c4cc(F)ccc43)c3ccc(F)cc32)c1C. The van der Waals surface area contributed by atoms with Crippen LogP contribution in [0.5, 0.6) is 5.75 Å².